The average molecular weight is 411 g/mol. The second kappa shape index (κ2) is 8.09. The van der Waals surface area contributed by atoms with E-state index in [4.69, 9.17) is 4.74 Å². The first-order valence-corrected chi connectivity index (χ1v) is 10.2. The number of nitrogens with one attached hydrogen (secondary N) is 1. The molecule has 3 heterocycles. The Morgan fingerprint density at radius 3 is 2.61 bits per heavy atom. The molecule has 2 aromatic heterocycles. The molecule has 0 saturated carbocycles. The molecule has 1 aliphatic heterocycles. The van der Waals surface area contributed by atoms with Crippen LogP contribution in [0.4, 0.5) is 5.69 Å². The number of aromatic nitrogens is 2. The number of pyridine rings is 1. The Balaban J connectivity index is 1.62. The SMILES string of the molecule is N#Cc1c(NCc2ccccc2)c2ccccc2n2cc(C(=O)N3CCOCC3)nc12. The Bertz CT molecular complexity index is 1300. The van der Waals surface area contributed by atoms with Crippen molar-refractivity contribution in [2.45, 2.75) is 6.54 Å². The molecule has 2 aromatic carbocycles. The molecule has 0 atom stereocenters. The third kappa shape index (κ3) is 3.47. The molecule has 7 nitrogen and oxygen atoms in total. The van der Waals surface area contributed by atoms with Crippen molar-refractivity contribution in [1.82, 2.24) is 14.3 Å². The van der Waals surface area contributed by atoms with E-state index in [2.05, 4.69) is 16.4 Å². The Morgan fingerprint density at radius 1 is 1.10 bits per heavy atom. The van der Waals surface area contributed by atoms with Crippen LogP contribution in [-0.2, 0) is 11.3 Å². The van der Waals surface area contributed by atoms with Crippen molar-refractivity contribution in [3.8, 4) is 6.07 Å². The van der Waals surface area contributed by atoms with Crippen LogP contribution in [0.3, 0.4) is 0 Å². The van der Waals surface area contributed by atoms with Gasteiger partial charge in [-0.3, -0.25) is 9.20 Å². The van der Waals surface area contributed by atoms with Crippen molar-refractivity contribution in [2.24, 2.45) is 0 Å². The lowest BCUT2D eigenvalue weighted by Gasteiger charge is -2.25. The number of anilines is 1. The topological polar surface area (TPSA) is 82.7 Å². The average Bonchev–Trinajstić information content (AvgIpc) is 3.28. The van der Waals surface area contributed by atoms with E-state index >= 15 is 0 Å². The van der Waals surface area contributed by atoms with E-state index in [9.17, 15) is 10.1 Å². The van der Waals surface area contributed by atoms with Gasteiger partial charge in [0.25, 0.3) is 5.91 Å². The number of hydrogen-bond donors (Lipinski definition) is 1. The molecule has 1 N–H and O–H groups in total. The normalized spacial score (nSPS) is 14.0. The highest BCUT2D eigenvalue weighted by atomic mass is 16.5. The number of fused-ring (bicyclic) bond motifs is 3. The fraction of sp³-hybridized carbons (Fsp3) is 0.208. The predicted molar refractivity (Wildman–Crippen MR) is 118 cm³/mol. The van der Waals surface area contributed by atoms with Gasteiger partial charge in [0.1, 0.15) is 17.3 Å². The summed E-state index contributed by atoms with van der Waals surface area (Å²) in [5, 5.41) is 14.4. The van der Waals surface area contributed by atoms with Gasteiger partial charge in [-0.15, -0.1) is 0 Å². The maximum Gasteiger partial charge on any atom is 0.274 e. The summed E-state index contributed by atoms with van der Waals surface area (Å²) in [5.41, 5.74) is 3.97. The van der Waals surface area contributed by atoms with Crippen molar-refractivity contribution in [3.05, 3.63) is 77.6 Å². The number of rotatable bonds is 4. The van der Waals surface area contributed by atoms with Gasteiger partial charge in [-0.05, 0) is 11.6 Å². The minimum Gasteiger partial charge on any atom is -0.379 e. The predicted octanol–water partition coefficient (Wildman–Crippen LogP) is 3.44. The molecule has 4 aromatic rings. The first-order chi connectivity index (χ1) is 15.3. The molecule has 1 fully saturated rings. The number of nitriles is 1. The van der Waals surface area contributed by atoms with Gasteiger partial charge >= 0.3 is 0 Å². The monoisotopic (exact) mass is 411 g/mol. The summed E-state index contributed by atoms with van der Waals surface area (Å²) in [7, 11) is 0. The summed E-state index contributed by atoms with van der Waals surface area (Å²) in [6, 6.07) is 20.2. The second-order valence-electron chi connectivity index (χ2n) is 7.44. The number of carbonyl (C=O) groups is 1. The summed E-state index contributed by atoms with van der Waals surface area (Å²) in [4.78, 5) is 19.3. The third-order valence-corrected chi connectivity index (χ3v) is 5.55. The van der Waals surface area contributed by atoms with E-state index < -0.39 is 0 Å². The third-order valence-electron chi connectivity index (χ3n) is 5.55. The summed E-state index contributed by atoms with van der Waals surface area (Å²) in [5.74, 6) is -0.140. The molecule has 154 valence electrons. The highest BCUT2D eigenvalue weighted by molar-refractivity contribution is 6.00. The molecular weight excluding hydrogens is 390 g/mol. The van der Waals surface area contributed by atoms with Crippen molar-refractivity contribution >= 4 is 28.1 Å². The molecule has 31 heavy (non-hydrogen) atoms. The highest BCUT2D eigenvalue weighted by Gasteiger charge is 2.24. The zero-order valence-corrected chi connectivity index (χ0v) is 16.9. The van der Waals surface area contributed by atoms with Crippen LogP contribution in [-0.4, -0.2) is 46.5 Å². The van der Waals surface area contributed by atoms with Gasteiger partial charge in [0, 0.05) is 31.2 Å². The molecule has 1 amide bonds. The lowest BCUT2D eigenvalue weighted by atomic mass is 10.1. The van der Waals surface area contributed by atoms with E-state index in [1.165, 1.54) is 0 Å². The molecule has 0 spiro atoms. The summed E-state index contributed by atoms with van der Waals surface area (Å²) >= 11 is 0. The smallest absolute Gasteiger partial charge is 0.274 e. The fourth-order valence-corrected chi connectivity index (χ4v) is 3.99. The van der Waals surface area contributed by atoms with E-state index in [0.29, 0.717) is 49.8 Å². The molecule has 7 heteroatoms. The number of imidazole rings is 1. The molecule has 0 aliphatic carbocycles. The maximum atomic E-state index is 13.0. The zero-order valence-electron chi connectivity index (χ0n) is 16.9. The summed E-state index contributed by atoms with van der Waals surface area (Å²) < 4.78 is 7.19. The largest absolute Gasteiger partial charge is 0.379 e. The molecule has 0 bridgehead atoms. The second-order valence-corrected chi connectivity index (χ2v) is 7.44. The minimum absolute atomic E-state index is 0.140. The first kappa shape index (κ1) is 19.1. The number of amides is 1. The number of hydrogen-bond acceptors (Lipinski definition) is 5. The van der Waals surface area contributed by atoms with Crippen molar-refractivity contribution < 1.29 is 9.53 Å². The molecule has 1 saturated heterocycles. The van der Waals surface area contributed by atoms with Crippen LogP contribution in [0.1, 0.15) is 21.6 Å². The number of morpholine rings is 1. The number of para-hydroxylation sites is 1. The van der Waals surface area contributed by atoms with Crippen LogP contribution in [0.2, 0.25) is 0 Å². The standard InChI is InChI=1S/C24H21N5O2/c25-14-19-22(26-15-17-6-2-1-3-7-17)18-8-4-5-9-21(18)29-16-20(27-23(19)29)24(30)28-10-12-31-13-11-28/h1-9,16,26H,10-13,15H2. The molecule has 0 unspecified atom stereocenters. The van der Waals surface area contributed by atoms with Gasteiger partial charge in [0.05, 0.1) is 24.4 Å². The molecule has 5 rings (SSSR count). The molecular formula is C24H21N5O2. The van der Waals surface area contributed by atoms with E-state index in [0.717, 1.165) is 22.2 Å². The lowest BCUT2D eigenvalue weighted by Crippen LogP contribution is -2.40. The van der Waals surface area contributed by atoms with Gasteiger partial charge in [-0.25, -0.2) is 4.98 Å². The first-order valence-electron chi connectivity index (χ1n) is 10.2. The fourth-order valence-electron chi connectivity index (χ4n) is 3.99. The summed E-state index contributed by atoms with van der Waals surface area (Å²) in [6.07, 6.45) is 1.73. The van der Waals surface area contributed by atoms with Gasteiger partial charge in [-0.2, -0.15) is 5.26 Å². The van der Waals surface area contributed by atoms with Crippen LogP contribution in [0.5, 0.6) is 0 Å². The van der Waals surface area contributed by atoms with Crippen LogP contribution >= 0.6 is 0 Å². The molecule has 0 radical (unpaired) electrons. The van der Waals surface area contributed by atoms with Crippen molar-refractivity contribution in [3.63, 3.8) is 0 Å². The zero-order chi connectivity index (χ0) is 21.2. The Morgan fingerprint density at radius 2 is 1.84 bits per heavy atom. The van der Waals surface area contributed by atoms with Crippen molar-refractivity contribution in [2.75, 3.05) is 31.6 Å². The summed E-state index contributed by atoms with van der Waals surface area (Å²) in [6.45, 7) is 2.72. The number of carbonyl (C=O) groups excluding carboxylic acids is 1. The van der Waals surface area contributed by atoms with Crippen LogP contribution in [0.25, 0.3) is 16.6 Å². The van der Waals surface area contributed by atoms with E-state index in [1.807, 2.05) is 59.0 Å². The quantitative estimate of drug-likeness (QED) is 0.556. The van der Waals surface area contributed by atoms with Gasteiger partial charge in [0.15, 0.2) is 5.65 Å². The van der Waals surface area contributed by atoms with E-state index in [1.54, 1.807) is 11.1 Å². The van der Waals surface area contributed by atoms with Crippen LogP contribution < -0.4 is 5.32 Å². The maximum absolute atomic E-state index is 13.0. The number of nitrogens with zero attached hydrogens (tertiary/aromatic N) is 4. The number of benzene rings is 2. The van der Waals surface area contributed by atoms with E-state index in [-0.39, 0.29) is 5.91 Å². The van der Waals surface area contributed by atoms with Crippen molar-refractivity contribution in [1.29, 1.82) is 5.26 Å². The molecule has 1 aliphatic rings. The van der Waals surface area contributed by atoms with Gasteiger partial charge in [-0.1, -0.05) is 48.5 Å². The Labute approximate surface area is 179 Å². The van der Waals surface area contributed by atoms with Gasteiger partial charge < -0.3 is 15.0 Å². The van der Waals surface area contributed by atoms with Crippen LogP contribution in [0, 0.1) is 11.3 Å². The van der Waals surface area contributed by atoms with Gasteiger partial charge in [0.2, 0.25) is 0 Å². The van der Waals surface area contributed by atoms with Crippen LogP contribution in [0.15, 0.2) is 60.8 Å². The Hall–Kier alpha value is -3.89. The lowest BCUT2D eigenvalue weighted by molar-refractivity contribution is 0.0299. The Kier molecular flexibility index (Phi) is 4.98. The minimum atomic E-state index is -0.140. The number of ether oxygens (including phenoxy) is 1. The highest BCUT2D eigenvalue weighted by Crippen LogP contribution is 2.31.